The first-order valence-corrected chi connectivity index (χ1v) is 9.99. The molecule has 8 nitrogen and oxygen atoms in total. The summed E-state index contributed by atoms with van der Waals surface area (Å²) in [6, 6.07) is 7.08. The number of nitrogens with one attached hydrogen (secondary N) is 1. The third-order valence-electron chi connectivity index (χ3n) is 4.47. The standard InChI is InChI=1S/C18H18ClN3O5S/c1-10-7-14(16(27-4)9-13(10)19)20-28(25,26)11-5-6-15-12(8-11)17(23)22(3)18(24)21(15)2/h5-9,20H,1-4H3. The van der Waals surface area contributed by atoms with E-state index >= 15 is 0 Å². The van der Waals surface area contributed by atoms with Crippen LogP contribution in [0.2, 0.25) is 5.02 Å². The molecule has 0 aliphatic carbocycles. The maximum atomic E-state index is 12.9. The van der Waals surface area contributed by atoms with Gasteiger partial charge in [0.1, 0.15) is 5.75 Å². The van der Waals surface area contributed by atoms with Crippen molar-refractivity contribution in [1.29, 1.82) is 0 Å². The highest BCUT2D eigenvalue weighted by Gasteiger charge is 2.20. The number of aromatic nitrogens is 2. The van der Waals surface area contributed by atoms with Crippen molar-refractivity contribution >= 4 is 38.2 Å². The van der Waals surface area contributed by atoms with Crippen molar-refractivity contribution in [3.63, 3.8) is 0 Å². The summed E-state index contributed by atoms with van der Waals surface area (Å²) in [5, 5.41) is 0.557. The predicted molar refractivity (Wildman–Crippen MR) is 108 cm³/mol. The highest BCUT2D eigenvalue weighted by atomic mass is 35.5. The molecule has 3 aromatic rings. The van der Waals surface area contributed by atoms with Crippen molar-refractivity contribution in [3.05, 3.63) is 61.8 Å². The summed E-state index contributed by atoms with van der Waals surface area (Å²) in [7, 11) is 0.224. The summed E-state index contributed by atoms with van der Waals surface area (Å²) >= 11 is 6.06. The molecule has 1 heterocycles. The lowest BCUT2D eigenvalue weighted by molar-refractivity contribution is 0.417. The van der Waals surface area contributed by atoms with Crippen LogP contribution in [0.1, 0.15) is 5.56 Å². The summed E-state index contributed by atoms with van der Waals surface area (Å²) in [6.07, 6.45) is 0. The Morgan fingerprint density at radius 1 is 1.07 bits per heavy atom. The first-order chi connectivity index (χ1) is 13.1. The van der Waals surface area contributed by atoms with Gasteiger partial charge in [-0.3, -0.25) is 18.7 Å². The number of ether oxygens (including phenoxy) is 1. The largest absolute Gasteiger partial charge is 0.495 e. The van der Waals surface area contributed by atoms with Crippen molar-refractivity contribution in [2.24, 2.45) is 14.1 Å². The van der Waals surface area contributed by atoms with Crippen molar-refractivity contribution < 1.29 is 13.2 Å². The van der Waals surface area contributed by atoms with Gasteiger partial charge in [-0.1, -0.05) is 11.6 Å². The number of fused-ring (bicyclic) bond motifs is 1. The molecular weight excluding hydrogens is 406 g/mol. The highest BCUT2D eigenvalue weighted by molar-refractivity contribution is 7.92. The van der Waals surface area contributed by atoms with E-state index in [-0.39, 0.29) is 21.7 Å². The van der Waals surface area contributed by atoms with E-state index in [1.54, 1.807) is 13.0 Å². The summed E-state index contributed by atoms with van der Waals surface area (Å²) in [5.74, 6) is 0.262. The topological polar surface area (TPSA) is 99.4 Å². The smallest absolute Gasteiger partial charge is 0.330 e. The van der Waals surface area contributed by atoms with Crippen LogP contribution in [0.3, 0.4) is 0 Å². The summed E-state index contributed by atoms with van der Waals surface area (Å²) < 4.78 is 35.6. The number of aryl methyl sites for hydroxylation is 2. The average Bonchev–Trinajstić information content (AvgIpc) is 2.66. The number of methoxy groups -OCH3 is 1. The van der Waals surface area contributed by atoms with Crippen LogP contribution in [0.5, 0.6) is 5.75 Å². The Hall–Kier alpha value is -2.78. The van der Waals surface area contributed by atoms with E-state index in [1.807, 2.05) is 0 Å². The summed E-state index contributed by atoms with van der Waals surface area (Å²) in [6.45, 7) is 1.74. The van der Waals surface area contributed by atoms with E-state index in [1.165, 1.54) is 50.0 Å². The normalized spacial score (nSPS) is 11.6. The maximum Gasteiger partial charge on any atom is 0.330 e. The van der Waals surface area contributed by atoms with Crippen LogP contribution in [0, 0.1) is 6.92 Å². The van der Waals surface area contributed by atoms with E-state index in [4.69, 9.17) is 16.3 Å². The molecule has 0 aliphatic rings. The molecule has 1 aromatic heterocycles. The quantitative estimate of drug-likeness (QED) is 0.692. The van der Waals surface area contributed by atoms with Gasteiger partial charge in [0.15, 0.2) is 0 Å². The van der Waals surface area contributed by atoms with E-state index in [2.05, 4.69) is 4.72 Å². The van der Waals surface area contributed by atoms with Crippen LogP contribution in [-0.2, 0) is 24.1 Å². The molecule has 0 atom stereocenters. The molecular formula is C18H18ClN3O5S. The van der Waals surface area contributed by atoms with E-state index in [0.717, 1.165) is 4.57 Å². The van der Waals surface area contributed by atoms with Gasteiger partial charge in [-0.25, -0.2) is 13.2 Å². The molecule has 148 valence electrons. The third kappa shape index (κ3) is 3.27. The fourth-order valence-electron chi connectivity index (χ4n) is 2.86. The Balaban J connectivity index is 2.16. The van der Waals surface area contributed by atoms with Gasteiger partial charge in [0.05, 0.1) is 28.6 Å². The lowest BCUT2D eigenvalue weighted by Gasteiger charge is -2.14. The second-order valence-corrected chi connectivity index (χ2v) is 8.38. The van der Waals surface area contributed by atoms with Gasteiger partial charge in [0.25, 0.3) is 15.6 Å². The lowest BCUT2D eigenvalue weighted by Crippen LogP contribution is -2.37. The second-order valence-electron chi connectivity index (χ2n) is 6.29. The van der Waals surface area contributed by atoms with Crippen LogP contribution >= 0.6 is 11.6 Å². The summed E-state index contributed by atoms with van der Waals surface area (Å²) in [5.41, 5.74) is 0.162. The Labute approximate surface area is 166 Å². The predicted octanol–water partition coefficient (Wildman–Crippen LogP) is 2.01. The minimum Gasteiger partial charge on any atom is -0.495 e. The zero-order valence-electron chi connectivity index (χ0n) is 15.6. The van der Waals surface area contributed by atoms with Crippen LogP contribution in [0.15, 0.2) is 44.8 Å². The minimum atomic E-state index is -4.03. The van der Waals surface area contributed by atoms with Gasteiger partial charge in [-0.15, -0.1) is 0 Å². The number of benzene rings is 2. The molecule has 0 saturated heterocycles. The van der Waals surface area contributed by atoms with Gasteiger partial charge < -0.3 is 4.74 Å². The first-order valence-electron chi connectivity index (χ1n) is 8.13. The molecule has 10 heteroatoms. The number of halogens is 1. The lowest BCUT2D eigenvalue weighted by atomic mass is 10.2. The molecule has 0 aliphatic heterocycles. The van der Waals surface area contributed by atoms with E-state index in [9.17, 15) is 18.0 Å². The van der Waals surface area contributed by atoms with Crippen molar-refractivity contribution in [3.8, 4) is 5.75 Å². The number of hydrogen-bond donors (Lipinski definition) is 1. The van der Waals surface area contributed by atoms with Crippen molar-refractivity contribution in [2.75, 3.05) is 11.8 Å². The van der Waals surface area contributed by atoms with E-state index in [0.29, 0.717) is 16.1 Å². The Morgan fingerprint density at radius 3 is 2.39 bits per heavy atom. The van der Waals surface area contributed by atoms with Crippen LogP contribution in [0.4, 0.5) is 5.69 Å². The fraction of sp³-hybridized carbons (Fsp3) is 0.222. The first kappa shape index (κ1) is 20.0. The molecule has 0 radical (unpaired) electrons. The third-order valence-corrected chi connectivity index (χ3v) is 6.24. The second kappa shape index (κ2) is 6.99. The zero-order chi connectivity index (χ0) is 20.8. The molecule has 3 rings (SSSR count). The fourth-order valence-corrected chi connectivity index (χ4v) is 4.10. The SMILES string of the molecule is COc1cc(Cl)c(C)cc1NS(=O)(=O)c1ccc2c(c1)c(=O)n(C)c(=O)n2C. The molecule has 0 fully saturated rings. The molecule has 0 spiro atoms. The summed E-state index contributed by atoms with van der Waals surface area (Å²) in [4.78, 5) is 24.3. The van der Waals surface area contributed by atoms with Gasteiger partial charge in [0, 0.05) is 25.2 Å². The van der Waals surface area contributed by atoms with Crippen LogP contribution < -0.4 is 20.7 Å². The minimum absolute atomic E-state index is 0.117. The molecule has 0 saturated carbocycles. The van der Waals surface area contributed by atoms with Gasteiger partial charge in [-0.05, 0) is 36.8 Å². The monoisotopic (exact) mass is 423 g/mol. The average molecular weight is 424 g/mol. The van der Waals surface area contributed by atoms with Crippen molar-refractivity contribution in [2.45, 2.75) is 11.8 Å². The molecule has 1 N–H and O–H groups in total. The Kier molecular flexibility index (Phi) is 4.99. The molecule has 0 bridgehead atoms. The number of nitrogens with zero attached hydrogens (tertiary/aromatic N) is 2. The molecule has 2 aromatic carbocycles. The zero-order valence-corrected chi connectivity index (χ0v) is 17.2. The van der Waals surface area contributed by atoms with Gasteiger partial charge >= 0.3 is 5.69 Å². The van der Waals surface area contributed by atoms with Crippen LogP contribution in [-0.4, -0.2) is 24.7 Å². The number of sulfonamides is 1. The van der Waals surface area contributed by atoms with Crippen LogP contribution in [0.25, 0.3) is 10.9 Å². The van der Waals surface area contributed by atoms with E-state index < -0.39 is 21.3 Å². The molecule has 0 unspecified atom stereocenters. The number of rotatable bonds is 4. The Bertz CT molecular complexity index is 1330. The maximum absolute atomic E-state index is 12.9. The van der Waals surface area contributed by atoms with Crippen molar-refractivity contribution in [1.82, 2.24) is 9.13 Å². The molecule has 28 heavy (non-hydrogen) atoms. The van der Waals surface area contributed by atoms with Gasteiger partial charge in [0.2, 0.25) is 0 Å². The Morgan fingerprint density at radius 2 is 1.75 bits per heavy atom. The number of anilines is 1. The highest BCUT2D eigenvalue weighted by Crippen LogP contribution is 2.32. The number of hydrogen-bond acceptors (Lipinski definition) is 5. The van der Waals surface area contributed by atoms with Gasteiger partial charge in [-0.2, -0.15) is 0 Å². The molecule has 0 amide bonds.